The number of esters is 1. The first kappa shape index (κ1) is 17.3. The Morgan fingerprint density at radius 3 is 2.72 bits per heavy atom. The summed E-state index contributed by atoms with van der Waals surface area (Å²) < 4.78 is 15.6. The molecule has 1 amide bonds. The normalized spacial score (nSPS) is 21.6. The maximum atomic E-state index is 12.5. The summed E-state index contributed by atoms with van der Waals surface area (Å²) in [7, 11) is 2.96. The largest absolute Gasteiger partial charge is 0.496 e. The zero-order chi connectivity index (χ0) is 18.0. The van der Waals surface area contributed by atoms with Crippen molar-refractivity contribution in [3.05, 3.63) is 35.4 Å². The first-order valence-corrected chi connectivity index (χ1v) is 8.15. The predicted octanol–water partition coefficient (Wildman–Crippen LogP) is 1.69. The van der Waals surface area contributed by atoms with E-state index in [1.165, 1.54) is 7.11 Å². The lowest BCUT2D eigenvalue weighted by atomic mass is 10.0. The molecule has 2 aliphatic heterocycles. The van der Waals surface area contributed by atoms with Gasteiger partial charge in [0.15, 0.2) is 0 Å². The predicted molar refractivity (Wildman–Crippen MR) is 91.0 cm³/mol. The molecule has 1 N–H and O–H groups in total. The molecule has 134 valence electrons. The number of hydrogen-bond donors (Lipinski definition) is 1. The first-order chi connectivity index (χ1) is 12.1. The lowest BCUT2D eigenvalue weighted by molar-refractivity contribution is -0.142. The van der Waals surface area contributed by atoms with Gasteiger partial charge in [-0.3, -0.25) is 9.69 Å². The summed E-state index contributed by atoms with van der Waals surface area (Å²) in [6.45, 7) is 5.14. The molecule has 2 aliphatic rings. The summed E-state index contributed by atoms with van der Waals surface area (Å²) >= 11 is 0. The summed E-state index contributed by atoms with van der Waals surface area (Å²) in [5.74, 6) is 0.414. The molecule has 7 nitrogen and oxygen atoms in total. The van der Waals surface area contributed by atoms with Gasteiger partial charge in [0.05, 0.1) is 27.3 Å². The molecule has 1 aromatic rings. The highest BCUT2D eigenvalue weighted by molar-refractivity contribution is 5.76. The van der Waals surface area contributed by atoms with Crippen molar-refractivity contribution in [2.45, 2.75) is 31.7 Å². The van der Waals surface area contributed by atoms with Crippen molar-refractivity contribution in [1.29, 1.82) is 0 Å². The third-order valence-corrected chi connectivity index (χ3v) is 4.66. The maximum Gasteiger partial charge on any atom is 0.410 e. The maximum absolute atomic E-state index is 12.5. The molecule has 0 radical (unpaired) electrons. The average molecular weight is 346 g/mol. The van der Waals surface area contributed by atoms with E-state index in [0.29, 0.717) is 26.1 Å². The Balaban J connectivity index is 1.65. The number of nitrogens with zero attached hydrogens (tertiary/aromatic N) is 1. The van der Waals surface area contributed by atoms with Gasteiger partial charge in [-0.1, -0.05) is 18.7 Å². The van der Waals surface area contributed by atoms with E-state index >= 15 is 0 Å². The summed E-state index contributed by atoms with van der Waals surface area (Å²) in [6.07, 6.45) is 1.45. The minimum absolute atomic E-state index is 0.340. The quantitative estimate of drug-likeness (QED) is 0.836. The van der Waals surface area contributed by atoms with Crippen molar-refractivity contribution in [1.82, 2.24) is 10.2 Å². The second-order valence-corrected chi connectivity index (χ2v) is 6.10. The highest BCUT2D eigenvalue weighted by Crippen LogP contribution is 2.34. The molecule has 3 rings (SSSR count). The number of ether oxygens (including phenoxy) is 3. The van der Waals surface area contributed by atoms with E-state index < -0.39 is 12.1 Å². The van der Waals surface area contributed by atoms with Crippen LogP contribution in [0.2, 0.25) is 0 Å². The van der Waals surface area contributed by atoms with Gasteiger partial charge in [0, 0.05) is 18.5 Å². The molecule has 0 aliphatic carbocycles. The third-order valence-electron chi connectivity index (χ3n) is 4.66. The monoisotopic (exact) mass is 346 g/mol. The van der Waals surface area contributed by atoms with Crippen LogP contribution in [0.15, 0.2) is 18.7 Å². The van der Waals surface area contributed by atoms with Crippen LogP contribution in [0.3, 0.4) is 0 Å². The highest BCUT2D eigenvalue weighted by Gasteiger charge is 2.35. The number of nitrogens with one attached hydrogen (secondary N) is 1. The molecule has 1 aromatic carbocycles. The van der Waals surface area contributed by atoms with E-state index in [1.807, 2.05) is 12.1 Å². The Bertz CT molecular complexity index is 703. The molecule has 2 heterocycles. The van der Waals surface area contributed by atoms with Crippen molar-refractivity contribution in [2.75, 3.05) is 20.8 Å². The van der Waals surface area contributed by atoms with Gasteiger partial charge < -0.3 is 19.5 Å². The van der Waals surface area contributed by atoms with Crippen LogP contribution in [-0.4, -0.2) is 49.9 Å². The molecular weight excluding hydrogens is 324 g/mol. The Morgan fingerprint density at radius 1 is 1.28 bits per heavy atom. The van der Waals surface area contributed by atoms with Crippen LogP contribution in [0.4, 0.5) is 4.79 Å². The molecule has 7 heteroatoms. The number of amides is 1. The molecular formula is C18H22N2O5. The Labute approximate surface area is 146 Å². The SMILES string of the molecule is C=Cc1ccc(OC)c2c1CN(C(=O)O[C@H]1CN[C@H](C(=O)OC)C1)C2. The fourth-order valence-electron chi connectivity index (χ4n) is 3.33. The summed E-state index contributed by atoms with van der Waals surface area (Å²) in [6, 6.07) is 3.39. The van der Waals surface area contributed by atoms with Crippen LogP contribution in [-0.2, 0) is 27.4 Å². The van der Waals surface area contributed by atoms with E-state index in [9.17, 15) is 9.59 Å². The fourth-order valence-corrected chi connectivity index (χ4v) is 3.33. The molecule has 0 aromatic heterocycles. The third kappa shape index (κ3) is 3.32. The van der Waals surface area contributed by atoms with E-state index in [2.05, 4.69) is 11.9 Å². The van der Waals surface area contributed by atoms with E-state index in [1.54, 1.807) is 18.1 Å². The van der Waals surface area contributed by atoms with Gasteiger partial charge in [0.2, 0.25) is 0 Å². The van der Waals surface area contributed by atoms with Gasteiger partial charge in [0.1, 0.15) is 17.9 Å². The van der Waals surface area contributed by atoms with Crippen LogP contribution in [0.25, 0.3) is 6.08 Å². The topological polar surface area (TPSA) is 77.1 Å². The number of carbonyl (C=O) groups is 2. The molecule has 0 bridgehead atoms. The summed E-state index contributed by atoms with van der Waals surface area (Å²) in [5.41, 5.74) is 3.00. The van der Waals surface area contributed by atoms with Crippen LogP contribution >= 0.6 is 0 Å². The average Bonchev–Trinajstić information content (AvgIpc) is 3.27. The number of methoxy groups -OCH3 is 2. The van der Waals surface area contributed by atoms with Gasteiger partial charge in [-0.15, -0.1) is 0 Å². The minimum atomic E-state index is -0.425. The van der Waals surface area contributed by atoms with Crippen LogP contribution in [0, 0.1) is 0 Å². The first-order valence-electron chi connectivity index (χ1n) is 8.15. The second-order valence-electron chi connectivity index (χ2n) is 6.10. The Morgan fingerprint density at radius 2 is 2.04 bits per heavy atom. The van der Waals surface area contributed by atoms with Crippen molar-refractivity contribution in [2.24, 2.45) is 0 Å². The number of benzene rings is 1. The summed E-state index contributed by atoms with van der Waals surface area (Å²) in [4.78, 5) is 25.7. The molecule has 2 atom stereocenters. The lowest BCUT2D eigenvalue weighted by Gasteiger charge is -2.18. The molecule has 1 fully saturated rings. The van der Waals surface area contributed by atoms with Crippen molar-refractivity contribution in [3.63, 3.8) is 0 Å². The standard InChI is InChI=1S/C18H22N2O5/c1-4-11-5-6-16(23-2)14-10-20(9-13(11)14)18(22)25-12-7-15(19-8-12)17(21)24-3/h4-6,12,15,19H,1,7-10H2,2-3H3/t12-,15+/m1/s1. The zero-order valence-electron chi connectivity index (χ0n) is 14.4. The smallest absolute Gasteiger partial charge is 0.410 e. The van der Waals surface area contributed by atoms with Crippen molar-refractivity contribution in [3.8, 4) is 5.75 Å². The molecule has 1 saturated heterocycles. The van der Waals surface area contributed by atoms with E-state index in [4.69, 9.17) is 14.2 Å². The number of fused-ring (bicyclic) bond motifs is 1. The fraction of sp³-hybridized carbons (Fsp3) is 0.444. The van der Waals surface area contributed by atoms with Crippen LogP contribution < -0.4 is 10.1 Å². The Kier molecular flexibility index (Phi) is 4.94. The van der Waals surface area contributed by atoms with Gasteiger partial charge in [-0.2, -0.15) is 0 Å². The molecule has 0 unspecified atom stereocenters. The second kappa shape index (κ2) is 7.14. The number of carbonyl (C=O) groups excluding carboxylic acids is 2. The van der Waals surface area contributed by atoms with E-state index in [0.717, 1.165) is 22.4 Å². The highest BCUT2D eigenvalue weighted by atomic mass is 16.6. The van der Waals surface area contributed by atoms with E-state index in [-0.39, 0.29) is 12.1 Å². The van der Waals surface area contributed by atoms with Gasteiger partial charge in [0.25, 0.3) is 0 Å². The van der Waals surface area contributed by atoms with Crippen molar-refractivity contribution < 1.29 is 23.8 Å². The molecule has 25 heavy (non-hydrogen) atoms. The zero-order valence-corrected chi connectivity index (χ0v) is 14.4. The molecule has 0 saturated carbocycles. The molecule has 0 spiro atoms. The van der Waals surface area contributed by atoms with Gasteiger partial charge in [-0.05, 0) is 17.2 Å². The van der Waals surface area contributed by atoms with Crippen molar-refractivity contribution >= 4 is 18.1 Å². The number of hydrogen-bond acceptors (Lipinski definition) is 6. The summed E-state index contributed by atoms with van der Waals surface area (Å²) in [5, 5.41) is 3.00. The number of rotatable bonds is 4. The van der Waals surface area contributed by atoms with Crippen LogP contribution in [0.5, 0.6) is 5.75 Å². The minimum Gasteiger partial charge on any atom is -0.496 e. The van der Waals surface area contributed by atoms with Crippen LogP contribution in [0.1, 0.15) is 23.1 Å². The van der Waals surface area contributed by atoms with Gasteiger partial charge in [-0.25, -0.2) is 4.79 Å². The lowest BCUT2D eigenvalue weighted by Crippen LogP contribution is -2.31. The van der Waals surface area contributed by atoms with Gasteiger partial charge >= 0.3 is 12.1 Å². The Hall–Kier alpha value is -2.54.